The third-order valence-electron chi connectivity index (χ3n) is 2.78. The summed E-state index contributed by atoms with van der Waals surface area (Å²) < 4.78 is 4.92. The van der Waals surface area contributed by atoms with Gasteiger partial charge in [0.2, 0.25) is 5.50 Å². The maximum absolute atomic E-state index is 11.4. The van der Waals surface area contributed by atoms with Gasteiger partial charge >= 0.3 is 5.97 Å². The number of hydrazine groups is 1. The molecule has 0 saturated carbocycles. The quantitative estimate of drug-likeness (QED) is 0.638. The predicted molar refractivity (Wildman–Crippen MR) is 79.6 cm³/mol. The van der Waals surface area contributed by atoms with E-state index in [-0.39, 0.29) is 18.0 Å². The molecule has 1 aliphatic rings. The molecular weight excluding hydrogens is 278 g/mol. The number of ether oxygens (including phenoxy) is 1. The van der Waals surface area contributed by atoms with Crippen LogP contribution < -0.4 is 15.4 Å². The highest BCUT2D eigenvalue weighted by Gasteiger charge is 2.19. The van der Waals surface area contributed by atoms with E-state index in [2.05, 4.69) is 28.5 Å². The average Bonchev–Trinajstić information content (AvgIpc) is 2.85. The van der Waals surface area contributed by atoms with Crippen LogP contribution in [-0.2, 0) is 9.53 Å². The molecule has 0 radical (unpaired) electrons. The van der Waals surface area contributed by atoms with E-state index in [9.17, 15) is 4.79 Å². The summed E-state index contributed by atoms with van der Waals surface area (Å²) in [6.45, 7) is 2.40. The molecule has 1 heterocycles. The van der Waals surface area contributed by atoms with E-state index in [1.54, 1.807) is 11.9 Å². The molecule has 1 N–H and O–H groups in total. The second-order valence-electron chi connectivity index (χ2n) is 4.21. The lowest BCUT2D eigenvalue weighted by atomic mass is 10.2. The number of carbonyl (C=O) groups is 1. The van der Waals surface area contributed by atoms with E-state index in [0.717, 1.165) is 11.4 Å². The van der Waals surface area contributed by atoms with E-state index in [1.165, 1.54) is 0 Å². The molecule has 0 bridgehead atoms. The molecule has 1 aromatic rings. The lowest BCUT2D eigenvalue weighted by Gasteiger charge is -2.22. The highest BCUT2D eigenvalue weighted by molar-refractivity contribution is 7.81. The molecule has 108 valence electrons. The zero-order valence-electron chi connectivity index (χ0n) is 11.4. The van der Waals surface area contributed by atoms with Crippen molar-refractivity contribution in [1.29, 1.82) is 0 Å². The second kappa shape index (κ2) is 6.47. The number of hydrogen-bond donors (Lipinski definition) is 2. The Bertz CT molecular complexity index is 493. The van der Waals surface area contributed by atoms with E-state index in [1.807, 2.05) is 36.2 Å². The molecule has 2 rings (SSSR count). The van der Waals surface area contributed by atoms with Gasteiger partial charge in [-0.05, 0) is 31.2 Å². The van der Waals surface area contributed by atoms with Crippen molar-refractivity contribution >= 4 is 30.0 Å². The standard InChI is InChI=1S/C12H17N5O2S/c1-3-19-11(18)8-16(2)9-4-6-10(7-5-9)17-12(20)13-14-15-17/h4-7,12,20H,3,8H2,1-2H3,(H,13,15). The van der Waals surface area contributed by atoms with Gasteiger partial charge in [0.25, 0.3) is 0 Å². The summed E-state index contributed by atoms with van der Waals surface area (Å²) in [5.74, 6) is -0.242. The van der Waals surface area contributed by atoms with Gasteiger partial charge in [0.15, 0.2) is 0 Å². The summed E-state index contributed by atoms with van der Waals surface area (Å²) in [5, 5.41) is 9.26. The number of anilines is 2. The number of rotatable bonds is 5. The molecule has 20 heavy (non-hydrogen) atoms. The van der Waals surface area contributed by atoms with Crippen LogP contribution in [0.2, 0.25) is 0 Å². The van der Waals surface area contributed by atoms with Crippen LogP contribution in [-0.4, -0.2) is 31.7 Å². The van der Waals surface area contributed by atoms with Crippen molar-refractivity contribution in [2.24, 2.45) is 10.3 Å². The number of likely N-dealkylation sites (N-methyl/N-ethyl adjacent to an activating group) is 1. The van der Waals surface area contributed by atoms with Gasteiger partial charge in [-0.3, -0.25) is 4.79 Å². The SMILES string of the molecule is CCOC(=O)CN(C)c1ccc(N2NN=NC2S)cc1. The fourth-order valence-electron chi connectivity index (χ4n) is 1.78. The number of nitrogens with one attached hydrogen (secondary N) is 1. The first-order valence-corrected chi connectivity index (χ1v) is 6.73. The maximum atomic E-state index is 11.4. The van der Waals surface area contributed by atoms with Gasteiger partial charge in [-0.1, -0.05) is 5.22 Å². The molecular formula is C12H17N5O2S. The minimum absolute atomic E-state index is 0.217. The van der Waals surface area contributed by atoms with Crippen LogP contribution in [0.25, 0.3) is 0 Å². The molecule has 0 saturated heterocycles. The van der Waals surface area contributed by atoms with E-state index in [4.69, 9.17) is 4.74 Å². The van der Waals surface area contributed by atoms with Gasteiger partial charge in [0, 0.05) is 12.7 Å². The van der Waals surface area contributed by atoms with Crippen molar-refractivity contribution < 1.29 is 9.53 Å². The first-order chi connectivity index (χ1) is 9.61. The second-order valence-corrected chi connectivity index (χ2v) is 4.67. The van der Waals surface area contributed by atoms with Crippen LogP contribution in [0.4, 0.5) is 11.4 Å². The summed E-state index contributed by atoms with van der Waals surface area (Å²) in [4.78, 5) is 13.3. The first kappa shape index (κ1) is 14.4. The summed E-state index contributed by atoms with van der Waals surface area (Å²) in [5.41, 5.74) is 4.23. The fourth-order valence-corrected chi connectivity index (χ4v) is 2.02. The smallest absolute Gasteiger partial charge is 0.325 e. The number of nitrogens with zero attached hydrogens (tertiary/aromatic N) is 4. The predicted octanol–water partition coefficient (Wildman–Crippen LogP) is 1.59. The van der Waals surface area contributed by atoms with Crippen LogP contribution >= 0.6 is 12.6 Å². The maximum Gasteiger partial charge on any atom is 0.325 e. The lowest BCUT2D eigenvalue weighted by Crippen LogP contribution is -2.34. The third kappa shape index (κ3) is 3.32. The fraction of sp³-hybridized carbons (Fsp3) is 0.417. The van der Waals surface area contributed by atoms with Crippen LogP contribution in [0, 0.1) is 0 Å². The Kier molecular flexibility index (Phi) is 4.67. The Morgan fingerprint density at radius 1 is 1.50 bits per heavy atom. The minimum atomic E-state index is -0.335. The first-order valence-electron chi connectivity index (χ1n) is 6.21. The van der Waals surface area contributed by atoms with Gasteiger partial charge < -0.3 is 9.64 Å². The summed E-state index contributed by atoms with van der Waals surface area (Å²) in [7, 11) is 1.84. The van der Waals surface area contributed by atoms with E-state index in [0.29, 0.717) is 6.61 Å². The normalized spacial score (nSPS) is 16.9. The van der Waals surface area contributed by atoms with Crippen molar-refractivity contribution in [3.8, 4) is 0 Å². The Morgan fingerprint density at radius 3 is 2.75 bits per heavy atom. The molecule has 1 unspecified atom stereocenters. The third-order valence-corrected chi connectivity index (χ3v) is 3.12. The van der Waals surface area contributed by atoms with Crippen molar-refractivity contribution in [3.05, 3.63) is 24.3 Å². The number of esters is 1. The van der Waals surface area contributed by atoms with Crippen molar-refractivity contribution in [1.82, 2.24) is 5.53 Å². The van der Waals surface area contributed by atoms with Crippen LogP contribution in [0.3, 0.4) is 0 Å². The molecule has 0 aliphatic carbocycles. The monoisotopic (exact) mass is 295 g/mol. The zero-order valence-corrected chi connectivity index (χ0v) is 12.2. The lowest BCUT2D eigenvalue weighted by molar-refractivity contribution is -0.141. The zero-order chi connectivity index (χ0) is 14.5. The molecule has 0 amide bonds. The van der Waals surface area contributed by atoms with Crippen LogP contribution in [0.1, 0.15) is 6.92 Å². The molecule has 8 heteroatoms. The molecule has 0 spiro atoms. The number of benzene rings is 1. The highest BCUT2D eigenvalue weighted by atomic mass is 32.1. The van der Waals surface area contributed by atoms with Gasteiger partial charge in [-0.15, -0.1) is 17.7 Å². The minimum Gasteiger partial charge on any atom is -0.465 e. The topological polar surface area (TPSA) is 69.5 Å². The summed E-state index contributed by atoms with van der Waals surface area (Å²) >= 11 is 4.27. The van der Waals surface area contributed by atoms with E-state index < -0.39 is 0 Å². The van der Waals surface area contributed by atoms with Crippen LogP contribution in [0.5, 0.6) is 0 Å². The molecule has 1 aromatic carbocycles. The number of hydrogen-bond acceptors (Lipinski definition) is 8. The Balaban J connectivity index is 1.99. The van der Waals surface area contributed by atoms with Gasteiger partial charge in [-0.2, -0.15) is 5.53 Å². The van der Waals surface area contributed by atoms with Crippen molar-refractivity contribution in [2.75, 3.05) is 30.1 Å². The van der Waals surface area contributed by atoms with Crippen molar-refractivity contribution in [3.63, 3.8) is 0 Å². The van der Waals surface area contributed by atoms with E-state index >= 15 is 0 Å². The Morgan fingerprint density at radius 2 is 2.20 bits per heavy atom. The summed E-state index contributed by atoms with van der Waals surface area (Å²) in [6, 6.07) is 7.64. The Hall–Kier alpha value is -1.96. The molecule has 1 aliphatic heterocycles. The highest BCUT2D eigenvalue weighted by Crippen LogP contribution is 2.23. The number of carbonyl (C=O) groups excluding carboxylic acids is 1. The Labute approximate surface area is 123 Å². The molecule has 0 aromatic heterocycles. The number of thiol groups is 1. The van der Waals surface area contributed by atoms with Gasteiger partial charge in [-0.25, -0.2) is 5.01 Å². The average molecular weight is 295 g/mol. The molecule has 0 fully saturated rings. The summed E-state index contributed by atoms with van der Waals surface area (Å²) in [6.07, 6.45) is 0. The van der Waals surface area contributed by atoms with Gasteiger partial charge in [0.05, 0.1) is 12.3 Å². The largest absolute Gasteiger partial charge is 0.465 e. The molecule has 7 nitrogen and oxygen atoms in total. The molecule has 1 atom stereocenters. The van der Waals surface area contributed by atoms with Crippen molar-refractivity contribution in [2.45, 2.75) is 12.4 Å². The van der Waals surface area contributed by atoms with Gasteiger partial charge in [0.1, 0.15) is 6.54 Å². The van der Waals surface area contributed by atoms with Crippen LogP contribution in [0.15, 0.2) is 34.6 Å².